The van der Waals surface area contributed by atoms with Crippen molar-refractivity contribution in [2.45, 2.75) is 251 Å². The summed E-state index contributed by atoms with van der Waals surface area (Å²) in [6.45, 7) is 4.25. The number of nitrogens with one attached hydrogen (secondary N) is 1. The molecule has 2 atom stereocenters. The minimum Gasteiger partial charge on any atom is -0.394 e. The van der Waals surface area contributed by atoms with E-state index in [2.05, 4.69) is 92.1 Å². The maximum Gasteiger partial charge on any atom is 0.220 e. The molecule has 2 unspecified atom stereocenters. The molecule has 0 aliphatic rings. The molecule has 0 saturated carbocycles. The minimum atomic E-state index is -0.667. The summed E-state index contributed by atoms with van der Waals surface area (Å²) in [5.41, 5.74) is 0. The van der Waals surface area contributed by atoms with Gasteiger partial charge >= 0.3 is 0 Å². The van der Waals surface area contributed by atoms with E-state index in [9.17, 15) is 15.0 Å². The molecule has 0 aromatic carbocycles. The van der Waals surface area contributed by atoms with E-state index in [-0.39, 0.29) is 12.5 Å². The number of carbonyl (C=O) groups is 1. The van der Waals surface area contributed by atoms with Crippen LogP contribution in [0.2, 0.25) is 0 Å². The molecular formula is C53H95NO3. The van der Waals surface area contributed by atoms with Gasteiger partial charge in [0.1, 0.15) is 0 Å². The fourth-order valence-corrected chi connectivity index (χ4v) is 7.25. The van der Waals surface area contributed by atoms with Crippen molar-refractivity contribution in [1.29, 1.82) is 0 Å². The van der Waals surface area contributed by atoms with E-state index in [0.717, 1.165) is 64.2 Å². The lowest BCUT2D eigenvalue weighted by molar-refractivity contribution is -0.123. The molecule has 4 heteroatoms. The van der Waals surface area contributed by atoms with Crippen LogP contribution in [0.25, 0.3) is 0 Å². The maximum atomic E-state index is 12.5. The van der Waals surface area contributed by atoms with Crippen LogP contribution in [0.3, 0.4) is 0 Å². The van der Waals surface area contributed by atoms with Crippen molar-refractivity contribution >= 4 is 5.91 Å². The van der Waals surface area contributed by atoms with Crippen LogP contribution >= 0.6 is 0 Å². The molecule has 0 fully saturated rings. The van der Waals surface area contributed by atoms with Gasteiger partial charge in [-0.2, -0.15) is 0 Å². The first kappa shape index (κ1) is 54.8. The zero-order valence-electron chi connectivity index (χ0n) is 37.8. The van der Waals surface area contributed by atoms with Crippen molar-refractivity contribution in [3.8, 4) is 0 Å². The quantitative estimate of drug-likeness (QED) is 0.0425. The second-order valence-corrected chi connectivity index (χ2v) is 16.5. The van der Waals surface area contributed by atoms with Gasteiger partial charge in [0.25, 0.3) is 0 Å². The number of allylic oxidation sites excluding steroid dienone is 12. The van der Waals surface area contributed by atoms with Gasteiger partial charge in [0.2, 0.25) is 5.91 Å². The van der Waals surface area contributed by atoms with Gasteiger partial charge in [0.05, 0.1) is 18.8 Å². The van der Waals surface area contributed by atoms with Crippen molar-refractivity contribution < 1.29 is 15.0 Å². The third-order valence-corrected chi connectivity index (χ3v) is 11.0. The fourth-order valence-electron chi connectivity index (χ4n) is 7.25. The highest BCUT2D eigenvalue weighted by molar-refractivity contribution is 5.76. The first-order valence-electron chi connectivity index (χ1n) is 24.6. The van der Waals surface area contributed by atoms with E-state index >= 15 is 0 Å². The Morgan fingerprint density at radius 2 is 0.772 bits per heavy atom. The summed E-state index contributed by atoms with van der Waals surface area (Å²) in [5, 5.41) is 23.3. The smallest absolute Gasteiger partial charge is 0.220 e. The lowest BCUT2D eigenvalue weighted by Gasteiger charge is -2.22. The number of rotatable bonds is 44. The third-order valence-electron chi connectivity index (χ3n) is 11.0. The van der Waals surface area contributed by atoms with Gasteiger partial charge in [0.15, 0.2) is 0 Å². The number of unbranched alkanes of at least 4 members (excludes halogenated alkanes) is 25. The molecule has 0 saturated heterocycles. The van der Waals surface area contributed by atoms with E-state index in [4.69, 9.17) is 0 Å². The Bertz CT molecular complexity index is 992. The molecule has 0 rings (SSSR count). The fraction of sp³-hybridized carbons (Fsp3) is 0.755. The Labute approximate surface area is 355 Å². The van der Waals surface area contributed by atoms with Crippen molar-refractivity contribution in [3.05, 3.63) is 72.9 Å². The Morgan fingerprint density at radius 1 is 0.439 bits per heavy atom. The van der Waals surface area contributed by atoms with E-state index in [1.807, 2.05) is 0 Å². The standard InChI is InChI=1S/C53H95NO3/c1-3-5-7-9-11-13-15-17-19-21-23-24-25-26-27-28-29-30-31-33-35-37-39-41-43-45-47-49-53(57)54-51(50-55)52(56)48-46-44-42-40-38-36-34-32-22-20-18-16-14-12-10-8-6-4-2/h5,7,11,13,17,19,23-24,26-27,29-30,51-52,55-56H,3-4,6,8-10,12,14-16,18,20-22,25,28,31-50H2,1-2H3,(H,54,57)/b7-5-,13-11-,19-17-,24-23-,27-26-,30-29-. The summed E-state index contributed by atoms with van der Waals surface area (Å²) in [7, 11) is 0. The zero-order valence-corrected chi connectivity index (χ0v) is 37.8. The van der Waals surface area contributed by atoms with Gasteiger partial charge in [0, 0.05) is 6.42 Å². The molecule has 0 aliphatic carbocycles. The zero-order chi connectivity index (χ0) is 41.4. The molecule has 0 radical (unpaired) electrons. The number of hydrogen-bond donors (Lipinski definition) is 3. The average Bonchev–Trinajstić information content (AvgIpc) is 3.22. The molecule has 0 aliphatic heterocycles. The summed E-state index contributed by atoms with van der Waals surface area (Å²) in [6.07, 6.45) is 68.5. The summed E-state index contributed by atoms with van der Waals surface area (Å²) >= 11 is 0. The van der Waals surface area contributed by atoms with Crippen molar-refractivity contribution in [2.75, 3.05) is 6.61 Å². The predicted octanol–water partition coefficient (Wildman–Crippen LogP) is 15.9. The molecule has 330 valence electrons. The molecule has 57 heavy (non-hydrogen) atoms. The minimum absolute atomic E-state index is 0.0414. The first-order chi connectivity index (χ1) is 28.2. The van der Waals surface area contributed by atoms with Crippen LogP contribution in [-0.4, -0.2) is 34.9 Å². The van der Waals surface area contributed by atoms with Crippen molar-refractivity contribution in [1.82, 2.24) is 5.32 Å². The molecule has 0 spiro atoms. The third kappa shape index (κ3) is 44.8. The van der Waals surface area contributed by atoms with Gasteiger partial charge in [-0.05, 0) is 64.2 Å². The average molecular weight is 794 g/mol. The summed E-state index contributed by atoms with van der Waals surface area (Å²) in [6, 6.07) is -0.545. The lowest BCUT2D eigenvalue weighted by atomic mass is 10.0. The molecule has 1 amide bonds. The summed E-state index contributed by atoms with van der Waals surface area (Å²) in [4.78, 5) is 12.5. The highest BCUT2D eigenvalue weighted by Crippen LogP contribution is 2.16. The highest BCUT2D eigenvalue weighted by Gasteiger charge is 2.20. The van der Waals surface area contributed by atoms with Gasteiger partial charge < -0.3 is 15.5 Å². The lowest BCUT2D eigenvalue weighted by Crippen LogP contribution is -2.45. The Hall–Kier alpha value is -2.17. The van der Waals surface area contributed by atoms with E-state index in [0.29, 0.717) is 12.8 Å². The van der Waals surface area contributed by atoms with Crippen LogP contribution in [-0.2, 0) is 4.79 Å². The molecule has 3 N–H and O–H groups in total. The van der Waals surface area contributed by atoms with Crippen LogP contribution in [0.4, 0.5) is 0 Å². The van der Waals surface area contributed by atoms with Crippen LogP contribution < -0.4 is 5.32 Å². The van der Waals surface area contributed by atoms with Crippen molar-refractivity contribution in [2.24, 2.45) is 0 Å². The van der Waals surface area contributed by atoms with Crippen LogP contribution in [0.15, 0.2) is 72.9 Å². The Balaban J connectivity index is 3.56. The Morgan fingerprint density at radius 3 is 1.16 bits per heavy atom. The predicted molar refractivity (Wildman–Crippen MR) is 253 cm³/mol. The molecule has 0 bridgehead atoms. The number of carbonyl (C=O) groups excluding carboxylic acids is 1. The number of aliphatic hydroxyl groups excluding tert-OH is 2. The molecule has 0 aromatic heterocycles. The normalized spacial score (nSPS) is 13.5. The number of hydrogen-bond acceptors (Lipinski definition) is 3. The van der Waals surface area contributed by atoms with Gasteiger partial charge in [-0.25, -0.2) is 0 Å². The van der Waals surface area contributed by atoms with Crippen molar-refractivity contribution in [3.63, 3.8) is 0 Å². The van der Waals surface area contributed by atoms with E-state index in [1.54, 1.807) is 0 Å². The monoisotopic (exact) mass is 794 g/mol. The van der Waals surface area contributed by atoms with Crippen LogP contribution in [0.1, 0.15) is 239 Å². The molecular weight excluding hydrogens is 699 g/mol. The SMILES string of the molecule is CC/C=C\C/C=C\C/C=C\C/C=C\C/C=C\C/C=C\CCCCCCCCCCC(=O)NC(CO)C(O)CCCCCCCCCCCCCCCCCCCC. The van der Waals surface area contributed by atoms with Crippen LogP contribution in [0, 0.1) is 0 Å². The van der Waals surface area contributed by atoms with Gasteiger partial charge in [-0.15, -0.1) is 0 Å². The molecule has 4 nitrogen and oxygen atoms in total. The number of amides is 1. The summed E-state index contributed by atoms with van der Waals surface area (Å²) in [5.74, 6) is -0.0414. The number of aliphatic hydroxyl groups is 2. The largest absolute Gasteiger partial charge is 0.394 e. The first-order valence-corrected chi connectivity index (χ1v) is 24.6. The Kier molecular flexibility index (Phi) is 46.4. The maximum absolute atomic E-state index is 12.5. The van der Waals surface area contributed by atoms with Gasteiger partial charge in [-0.3, -0.25) is 4.79 Å². The van der Waals surface area contributed by atoms with Gasteiger partial charge in [-0.1, -0.05) is 241 Å². The molecule has 0 aromatic rings. The topological polar surface area (TPSA) is 69.6 Å². The summed E-state index contributed by atoms with van der Waals surface area (Å²) < 4.78 is 0. The van der Waals surface area contributed by atoms with Crippen LogP contribution in [0.5, 0.6) is 0 Å². The second-order valence-electron chi connectivity index (χ2n) is 16.5. The molecule has 0 heterocycles. The van der Waals surface area contributed by atoms with E-state index < -0.39 is 12.1 Å². The highest BCUT2D eigenvalue weighted by atomic mass is 16.3. The van der Waals surface area contributed by atoms with E-state index in [1.165, 1.54) is 148 Å². The second kappa shape index (κ2) is 48.2.